The minimum absolute atomic E-state index is 0.248. The third-order valence-corrected chi connectivity index (χ3v) is 3.96. The molecule has 0 saturated carbocycles. The number of hydrogen-bond donors (Lipinski definition) is 2. The van der Waals surface area contributed by atoms with Crippen molar-refractivity contribution < 1.29 is 9.53 Å². The Bertz CT molecular complexity index is 716. The van der Waals surface area contributed by atoms with Gasteiger partial charge in [-0.2, -0.15) is 0 Å². The highest BCUT2D eigenvalue weighted by molar-refractivity contribution is 6.05. The van der Waals surface area contributed by atoms with Crippen LogP contribution in [0.25, 0.3) is 0 Å². The van der Waals surface area contributed by atoms with Crippen LogP contribution >= 0.6 is 0 Å². The smallest absolute Gasteiger partial charge is 0.274 e. The zero-order valence-corrected chi connectivity index (χ0v) is 14.4. The first-order chi connectivity index (χ1) is 12.3. The van der Waals surface area contributed by atoms with Crippen molar-refractivity contribution in [1.29, 1.82) is 0 Å². The van der Waals surface area contributed by atoms with Crippen molar-refractivity contribution >= 4 is 23.1 Å². The number of carbonyl (C=O) groups excluding carboxylic acids is 1. The number of hydrogen-bond acceptors (Lipinski definition) is 6. The largest absolute Gasteiger partial charge is 0.378 e. The van der Waals surface area contributed by atoms with Gasteiger partial charge in [-0.25, -0.2) is 9.97 Å². The summed E-state index contributed by atoms with van der Waals surface area (Å²) in [7, 11) is 0. The zero-order valence-electron chi connectivity index (χ0n) is 14.4. The Hall–Kier alpha value is -2.67. The van der Waals surface area contributed by atoms with E-state index in [-0.39, 0.29) is 5.91 Å². The fourth-order valence-electron chi connectivity index (χ4n) is 2.68. The molecule has 0 aliphatic carbocycles. The summed E-state index contributed by atoms with van der Waals surface area (Å²) in [6.45, 7) is 5.89. The van der Waals surface area contributed by atoms with Gasteiger partial charge in [0, 0.05) is 25.7 Å². The van der Waals surface area contributed by atoms with Gasteiger partial charge < -0.3 is 20.3 Å². The Morgan fingerprint density at radius 2 is 2.04 bits per heavy atom. The minimum atomic E-state index is -0.248. The summed E-state index contributed by atoms with van der Waals surface area (Å²) in [5.41, 5.74) is 2.11. The van der Waals surface area contributed by atoms with Gasteiger partial charge >= 0.3 is 0 Å². The van der Waals surface area contributed by atoms with E-state index in [9.17, 15) is 4.79 Å². The van der Waals surface area contributed by atoms with E-state index in [2.05, 4.69) is 32.4 Å². The highest BCUT2D eigenvalue weighted by atomic mass is 16.5. The molecule has 1 aliphatic rings. The lowest BCUT2D eigenvalue weighted by molar-refractivity contribution is 0.102. The van der Waals surface area contributed by atoms with E-state index in [1.165, 1.54) is 6.33 Å². The van der Waals surface area contributed by atoms with Crippen molar-refractivity contribution in [3.63, 3.8) is 0 Å². The number of nitrogens with one attached hydrogen (secondary N) is 2. The molecule has 1 amide bonds. The van der Waals surface area contributed by atoms with Gasteiger partial charge in [0.05, 0.1) is 24.6 Å². The second-order valence-electron chi connectivity index (χ2n) is 5.79. The van der Waals surface area contributed by atoms with Crippen LogP contribution in [-0.4, -0.2) is 48.7 Å². The van der Waals surface area contributed by atoms with Crippen molar-refractivity contribution in [3.05, 3.63) is 42.4 Å². The molecular formula is C18H23N5O2. The van der Waals surface area contributed by atoms with E-state index in [4.69, 9.17) is 4.74 Å². The third-order valence-electron chi connectivity index (χ3n) is 3.96. The number of rotatable bonds is 6. The fraction of sp³-hybridized carbons (Fsp3) is 0.389. The first-order valence-corrected chi connectivity index (χ1v) is 8.57. The lowest BCUT2D eigenvalue weighted by Crippen LogP contribution is -2.36. The number of benzene rings is 1. The summed E-state index contributed by atoms with van der Waals surface area (Å²) in [6, 6.07) is 9.46. The quantitative estimate of drug-likeness (QED) is 0.840. The minimum Gasteiger partial charge on any atom is -0.378 e. The molecule has 25 heavy (non-hydrogen) atoms. The van der Waals surface area contributed by atoms with E-state index in [0.29, 0.717) is 24.7 Å². The molecule has 0 spiro atoms. The van der Waals surface area contributed by atoms with E-state index in [1.54, 1.807) is 6.07 Å². The molecule has 0 radical (unpaired) electrons. The monoisotopic (exact) mass is 341 g/mol. The van der Waals surface area contributed by atoms with Crippen LogP contribution < -0.4 is 15.5 Å². The van der Waals surface area contributed by atoms with Crippen LogP contribution in [0.5, 0.6) is 0 Å². The second kappa shape index (κ2) is 8.43. The average molecular weight is 341 g/mol. The number of ether oxygens (including phenoxy) is 1. The number of amides is 1. The van der Waals surface area contributed by atoms with Crippen LogP contribution in [0.15, 0.2) is 36.7 Å². The van der Waals surface area contributed by atoms with Crippen LogP contribution in [-0.2, 0) is 4.74 Å². The van der Waals surface area contributed by atoms with Crippen molar-refractivity contribution in [3.8, 4) is 0 Å². The molecule has 2 heterocycles. The second-order valence-corrected chi connectivity index (χ2v) is 5.79. The highest BCUT2D eigenvalue weighted by Crippen LogP contribution is 2.26. The molecule has 3 rings (SSSR count). The number of morpholine rings is 1. The molecule has 7 nitrogen and oxygen atoms in total. The molecule has 1 aromatic carbocycles. The maximum absolute atomic E-state index is 12.6. The lowest BCUT2D eigenvalue weighted by Gasteiger charge is -2.30. The summed E-state index contributed by atoms with van der Waals surface area (Å²) < 4.78 is 5.40. The molecule has 2 aromatic rings. The predicted octanol–water partition coefficient (Wildman–Crippen LogP) is 2.39. The number of nitrogens with zero attached hydrogens (tertiary/aromatic N) is 3. The SMILES string of the molecule is CCCNc1cc(C(=O)Nc2ccccc2N2CCOCC2)ncn1. The van der Waals surface area contributed by atoms with Crippen LogP contribution in [0.1, 0.15) is 23.8 Å². The molecule has 0 unspecified atom stereocenters. The molecule has 1 fully saturated rings. The van der Waals surface area contributed by atoms with Crippen molar-refractivity contribution in [2.24, 2.45) is 0 Å². The maximum Gasteiger partial charge on any atom is 0.274 e. The van der Waals surface area contributed by atoms with Gasteiger partial charge in [-0.1, -0.05) is 19.1 Å². The summed E-state index contributed by atoms with van der Waals surface area (Å²) in [5, 5.41) is 6.13. The lowest BCUT2D eigenvalue weighted by atomic mass is 10.2. The zero-order chi connectivity index (χ0) is 17.5. The van der Waals surface area contributed by atoms with Gasteiger partial charge in [-0.3, -0.25) is 4.79 Å². The average Bonchev–Trinajstić information content (AvgIpc) is 2.67. The Morgan fingerprint density at radius 1 is 1.24 bits per heavy atom. The first kappa shape index (κ1) is 17.2. The Morgan fingerprint density at radius 3 is 2.84 bits per heavy atom. The fourth-order valence-corrected chi connectivity index (χ4v) is 2.68. The van der Waals surface area contributed by atoms with Gasteiger partial charge in [-0.15, -0.1) is 0 Å². The molecule has 1 aromatic heterocycles. The summed E-state index contributed by atoms with van der Waals surface area (Å²) >= 11 is 0. The van der Waals surface area contributed by atoms with Crippen molar-refractivity contribution in [1.82, 2.24) is 9.97 Å². The van der Waals surface area contributed by atoms with Gasteiger partial charge in [0.2, 0.25) is 0 Å². The number of aromatic nitrogens is 2. The molecule has 7 heteroatoms. The Kier molecular flexibility index (Phi) is 5.79. The standard InChI is InChI=1S/C18H23N5O2/c1-2-7-19-17-12-15(20-13-21-17)18(24)22-14-5-3-4-6-16(14)23-8-10-25-11-9-23/h3-6,12-13H,2,7-11H2,1H3,(H,22,24)(H,19,20,21). The molecule has 132 valence electrons. The number of para-hydroxylation sites is 2. The summed E-state index contributed by atoms with van der Waals surface area (Å²) in [4.78, 5) is 23.0. The first-order valence-electron chi connectivity index (χ1n) is 8.57. The van der Waals surface area contributed by atoms with E-state index in [1.807, 2.05) is 24.3 Å². The van der Waals surface area contributed by atoms with Gasteiger partial charge in [0.15, 0.2) is 0 Å². The molecule has 0 bridgehead atoms. The maximum atomic E-state index is 12.6. The highest BCUT2D eigenvalue weighted by Gasteiger charge is 2.17. The van der Waals surface area contributed by atoms with Crippen LogP contribution in [0, 0.1) is 0 Å². The van der Waals surface area contributed by atoms with E-state index < -0.39 is 0 Å². The third kappa shape index (κ3) is 4.45. The van der Waals surface area contributed by atoms with Crippen molar-refractivity contribution in [2.45, 2.75) is 13.3 Å². The molecule has 2 N–H and O–H groups in total. The topological polar surface area (TPSA) is 79.4 Å². The van der Waals surface area contributed by atoms with Crippen LogP contribution in [0.2, 0.25) is 0 Å². The Balaban J connectivity index is 1.75. The van der Waals surface area contributed by atoms with Gasteiger partial charge in [0.25, 0.3) is 5.91 Å². The van der Waals surface area contributed by atoms with Gasteiger partial charge in [0.1, 0.15) is 17.8 Å². The molecule has 1 saturated heterocycles. The molecular weight excluding hydrogens is 318 g/mol. The normalized spacial score (nSPS) is 14.2. The molecule has 1 aliphatic heterocycles. The van der Waals surface area contributed by atoms with E-state index in [0.717, 1.165) is 37.4 Å². The summed E-state index contributed by atoms with van der Waals surface area (Å²) in [6.07, 6.45) is 2.39. The van der Waals surface area contributed by atoms with E-state index >= 15 is 0 Å². The van der Waals surface area contributed by atoms with Gasteiger partial charge in [-0.05, 0) is 18.6 Å². The number of carbonyl (C=O) groups is 1. The molecule has 0 atom stereocenters. The number of anilines is 3. The van der Waals surface area contributed by atoms with Crippen molar-refractivity contribution in [2.75, 3.05) is 48.4 Å². The van der Waals surface area contributed by atoms with Crippen LogP contribution in [0.4, 0.5) is 17.2 Å². The predicted molar refractivity (Wildman–Crippen MR) is 98.2 cm³/mol. The van der Waals surface area contributed by atoms with Crippen LogP contribution in [0.3, 0.4) is 0 Å². The summed E-state index contributed by atoms with van der Waals surface area (Å²) in [5.74, 6) is 0.408. The Labute approximate surface area is 147 Å².